The highest BCUT2D eigenvalue weighted by molar-refractivity contribution is 5.39. The Bertz CT molecular complexity index is 517. The normalized spacial score (nSPS) is 25.6. The monoisotopic (exact) mass is 325 g/mol. The van der Waals surface area contributed by atoms with Gasteiger partial charge in [-0.25, -0.2) is 0 Å². The lowest BCUT2D eigenvalue weighted by molar-refractivity contribution is -0.386. The van der Waals surface area contributed by atoms with Crippen LogP contribution in [0.25, 0.3) is 0 Å². The Labute approximate surface area is 137 Å². The molecule has 1 aromatic carbocycles. The zero-order chi connectivity index (χ0) is 17.6. The molecule has 6 nitrogen and oxygen atoms in total. The Hall–Kier alpha value is -1.50. The quantitative estimate of drug-likeness (QED) is 0.660. The van der Waals surface area contributed by atoms with Crippen LogP contribution in [0.2, 0.25) is 0 Å². The molecule has 0 aromatic heterocycles. The van der Waals surface area contributed by atoms with Crippen molar-refractivity contribution >= 4 is 5.69 Å². The molecule has 2 unspecified atom stereocenters. The van der Waals surface area contributed by atoms with Crippen molar-refractivity contribution in [3.8, 4) is 0 Å². The topological polar surface area (TPSA) is 81.8 Å². The van der Waals surface area contributed by atoms with Crippen LogP contribution in [0, 0.1) is 15.5 Å². The van der Waals surface area contributed by atoms with Crippen molar-refractivity contribution in [1.29, 1.82) is 0 Å². The second-order valence-electron chi connectivity index (χ2n) is 5.88. The first-order valence-corrected chi connectivity index (χ1v) is 8.05. The number of nitrogens with zero attached hydrogens (tertiary/aromatic N) is 1. The Morgan fingerprint density at radius 3 is 2.48 bits per heavy atom. The van der Waals surface area contributed by atoms with Gasteiger partial charge in [-0.15, -0.1) is 0 Å². The molecule has 3 atom stereocenters. The summed E-state index contributed by atoms with van der Waals surface area (Å²) in [4.78, 5) is 10.5. The first-order chi connectivity index (χ1) is 10.9. The number of nitro groups is 1. The number of ether oxygens (including phenoxy) is 2. The number of hydrogen-bond acceptors (Lipinski definition) is 5. The van der Waals surface area contributed by atoms with Gasteiger partial charge in [0.2, 0.25) is 0 Å². The molecule has 1 aromatic rings. The number of rotatable bonds is 5. The highest BCUT2D eigenvalue weighted by Crippen LogP contribution is 2.40. The largest absolute Gasteiger partial charge is 0.390 e. The Balaban J connectivity index is 0.00000127. The molecular weight excluding hydrogens is 298 g/mol. The lowest BCUT2D eigenvalue weighted by atomic mass is 9.85. The standard InChI is InChI=1S/C15H21NO5.C2H6/c1-4-12-13(17)15(2,3)14(21-12)20-9-10-7-5-6-8-11(10)16(18)19;1-2/h5-8,12-14,17H,4,9H2,1-3H3;1-2H3/t12?,13-,14?;/m0./s1. The van der Waals surface area contributed by atoms with Crippen molar-refractivity contribution in [3.05, 3.63) is 39.9 Å². The van der Waals surface area contributed by atoms with Crippen LogP contribution in [0.1, 0.15) is 46.6 Å². The highest BCUT2D eigenvalue weighted by atomic mass is 16.7. The molecule has 0 radical (unpaired) electrons. The average Bonchev–Trinajstić information content (AvgIpc) is 2.77. The smallest absolute Gasteiger partial charge is 0.274 e. The van der Waals surface area contributed by atoms with Gasteiger partial charge in [-0.05, 0) is 12.5 Å². The van der Waals surface area contributed by atoms with Gasteiger partial charge in [0.05, 0.1) is 29.3 Å². The Morgan fingerprint density at radius 2 is 1.96 bits per heavy atom. The summed E-state index contributed by atoms with van der Waals surface area (Å²) in [6.07, 6.45) is -0.776. The number of aliphatic hydroxyl groups is 1. The SMILES string of the molecule is CC.CCC1OC(OCc2ccccc2[N+](=O)[O-])C(C)(C)[C@H]1O. The molecule has 0 saturated carbocycles. The zero-order valence-electron chi connectivity index (χ0n) is 14.5. The molecule has 1 aliphatic rings. The van der Waals surface area contributed by atoms with Crippen LogP contribution in [-0.4, -0.2) is 28.5 Å². The maximum Gasteiger partial charge on any atom is 0.274 e. The number of hydrogen-bond donors (Lipinski definition) is 1. The van der Waals surface area contributed by atoms with Crippen molar-refractivity contribution in [2.45, 2.75) is 66.1 Å². The summed E-state index contributed by atoms with van der Waals surface area (Å²) < 4.78 is 11.4. The summed E-state index contributed by atoms with van der Waals surface area (Å²) in [5.41, 5.74) is -0.0261. The van der Waals surface area contributed by atoms with Crippen molar-refractivity contribution in [2.24, 2.45) is 5.41 Å². The van der Waals surface area contributed by atoms with Crippen LogP contribution in [-0.2, 0) is 16.1 Å². The van der Waals surface area contributed by atoms with Crippen LogP contribution in [0.15, 0.2) is 24.3 Å². The van der Waals surface area contributed by atoms with Gasteiger partial charge >= 0.3 is 0 Å². The average molecular weight is 325 g/mol. The maximum atomic E-state index is 11.0. The number of para-hydroxylation sites is 1. The fourth-order valence-corrected chi connectivity index (χ4v) is 2.58. The second kappa shape index (κ2) is 8.38. The Kier molecular flexibility index (Phi) is 7.12. The summed E-state index contributed by atoms with van der Waals surface area (Å²) in [5.74, 6) is 0. The van der Waals surface area contributed by atoms with E-state index >= 15 is 0 Å². The molecule has 130 valence electrons. The minimum Gasteiger partial charge on any atom is -0.390 e. The number of benzene rings is 1. The van der Waals surface area contributed by atoms with Gasteiger partial charge in [-0.1, -0.05) is 46.8 Å². The second-order valence-corrected chi connectivity index (χ2v) is 5.88. The highest BCUT2D eigenvalue weighted by Gasteiger charge is 2.49. The molecule has 2 rings (SSSR count). The lowest BCUT2D eigenvalue weighted by Crippen LogP contribution is -2.36. The van der Waals surface area contributed by atoms with Crippen molar-refractivity contribution in [2.75, 3.05) is 0 Å². The van der Waals surface area contributed by atoms with Gasteiger partial charge in [0.15, 0.2) is 6.29 Å². The van der Waals surface area contributed by atoms with Gasteiger partial charge in [0.1, 0.15) is 0 Å². The molecule has 1 N–H and O–H groups in total. The third kappa shape index (κ3) is 4.28. The van der Waals surface area contributed by atoms with Gasteiger partial charge in [0.25, 0.3) is 5.69 Å². The molecule has 23 heavy (non-hydrogen) atoms. The van der Waals surface area contributed by atoms with Gasteiger partial charge in [-0.3, -0.25) is 10.1 Å². The van der Waals surface area contributed by atoms with E-state index in [2.05, 4.69) is 0 Å². The van der Waals surface area contributed by atoms with E-state index in [-0.39, 0.29) is 18.4 Å². The molecule has 0 aliphatic carbocycles. The van der Waals surface area contributed by atoms with Crippen LogP contribution >= 0.6 is 0 Å². The fourth-order valence-electron chi connectivity index (χ4n) is 2.58. The van der Waals surface area contributed by atoms with Gasteiger partial charge < -0.3 is 14.6 Å². The summed E-state index contributed by atoms with van der Waals surface area (Å²) in [6.45, 7) is 9.76. The third-order valence-corrected chi connectivity index (χ3v) is 4.00. The van der Waals surface area contributed by atoms with Gasteiger partial charge in [0, 0.05) is 11.5 Å². The number of nitro benzene ring substituents is 1. The molecule has 1 heterocycles. The van der Waals surface area contributed by atoms with E-state index in [0.717, 1.165) is 0 Å². The molecule has 1 saturated heterocycles. The molecule has 1 aliphatic heterocycles. The summed E-state index contributed by atoms with van der Waals surface area (Å²) in [7, 11) is 0. The molecule has 6 heteroatoms. The third-order valence-electron chi connectivity index (χ3n) is 4.00. The first-order valence-electron chi connectivity index (χ1n) is 8.05. The Morgan fingerprint density at radius 1 is 1.35 bits per heavy atom. The van der Waals surface area contributed by atoms with Gasteiger partial charge in [-0.2, -0.15) is 0 Å². The van der Waals surface area contributed by atoms with E-state index in [1.54, 1.807) is 18.2 Å². The maximum absolute atomic E-state index is 11.0. The van der Waals surface area contributed by atoms with E-state index < -0.39 is 22.7 Å². The van der Waals surface area contributed by atoms with E-state index in [4.69, 9.17) is 9.47 Å². The van der Waals surface area contributed by atoms with Crippen molar-refractivity contribution in [1.82, 2.24) is 0 Å². The van der Waals surface area contributed by atoms with Crippen molar-refractivity contribution in [3.63, 3.8) is 0 Å². The van der Waals surface area contributed by atoms with Crippen molar-refractivity contribution < 1.29 is 19.5 Å². The molecule has 0 spiro atoms. The predicted molar refractivity (Wildman–Crippen MR) is 88.0 cm³/mol. The summed E-state index contributed by atoms with van der Waals surface area (Å²) >= 11 is 0. The van der Waals surface area contributed by atoms with Crippen LogP contribution in [0.3, 0.4) is 0 Å². The van der Waals surface area contributed by atoms with E-state index in [1.807, 2.05) is 34.6 Å². The zero-order valence-corrected chi connectivity index (χ0v) is 14.5. The predicted octanol–water partition coefficient (Wildman–Crippen LogP) is 3.66. The number of aliphatic hydroxyl groups excluding tert-OH is 1. The van der Waals surface area contributed by atoms with Crippen LogP contribution < -0.4 is 0 Å². The summed E-state index contributed by atoms with van der Waals surface area (Å²) in [5, 5.41) is 21.2. The fraction of sp³-hybridized carbons (Fsp3) is 0.647. The minimum atomic E-state index is -0.613. The first kappa shape index (κ1) is 19.5. The minimum absolute atomic E-state index is 0.0286. The van der Waals surface area contributed by atoms with Crippen LogP contribution in [0.4, 0.5) is 5.69 Å². The van der Waals surface area contributed by atoms with Crippen LogP contribution in [0.5, 0.6) is 0 Å². The molecule has 0 bridgehead atoms. The van der Waals surface area contributed by atoms with E-state index in [1.165, 1.54) is 6.07 Å². The summed E-state index contributed by atoms with van der Waals surface area (Å²) in [6, 6.07) is 6.46. The molecular formula is C17H27NO5. The molecule has 0 amide bonds. The van der Waals surface area contributed by atoms with E-state index in [0.29, 0.717) is 12.0 Å². The lowest BCUT2D eigenvalue weighted by Gasteiger charge is -2.27. The van der Waals surface area contributed by atoms with E-state index in [9.17, 15) is 15.2 Å². The molecule has 1 fully saturated rings.